The zero-order valence-corrected chi connectivity index (χ0v) is 62.2. The van der Waals surface area contributed by atoms with Gasteiger partial charge in [-0.15, -0.1) is 11.1 Å². The van der Waals surface area contributed by atoms with Gasteiger partial charge in [-0.1, -0.05) is 259 Å². The quantitative estimate of drug-likeness (QED) is 0.0237. The van der Waals surface area contributed by atoms with Gasteiger partial charge in [-0.25, -0.2) is 0 Å². The maximum Gasteiger partial charge on any atom is 0.143 e. The van der Waals surface area contributed by atoms with Gasteiger partial charge >= 0.3 is 0 Å². The molecule has 0 aliphatic rings. The molecule has 0 amide bonds. The largest absolute Gasteiger partial charge is 0.492 e. The highest BCUT2D eigenvalue weighted by Crippen LogP contribution is 2.40. The molecule has 0 aliphatic carbocycles. The number of ether oxygens (including phenoxy) is 4. The predicted molar refractivity (Wildman–Crippen MR) is 401 cm³/mol. The minimum atomic E-state index is -2.15. The molecule has 5 rings (SSSR count). The Labute approximate surface area is 568 Å². The number of hydrogen-bond acceptors (Lipinski definition) is 6. The van der Waals surface area contributed by atoms with Crippen LogP contribution in [-0.4, -0.2) is 47.6 Å². The SMILES string of the molecule is CCCCCCCCOc1cc(C#C[Si](CCCC#N)(C(C)C)C(C)C)c(OCCCCCCCC)cc1C#Cc1ccc2c(c1)[nH]c1cc(C#Cc3cc(OCCCCCCCC)c(C#C[Si](CCCC#N)(C(C)C)C(C)C)cc3OCCCCCCCC)ccc12. The highest BCUT2D eigenvalue weighted by atomic mass is 28.3. The zero-order chi connectivity index (χ0) is 67.1. The summed E-state index contributed by atoms with van der Waals surface area (Å²) in [5, 5.41) is 21.3. The molecule has 0 radical (unpaired) electrons. The highest BCUT2D eigenvalue weighted by molar-refractivity contribution is 6.90. The molecule has 0 saturated heterocycles. The highest BCUT2D eigenvalue weighted by Gasteiger charge is 2.39. The van der Waals surface area contributed by atoms with Gasteiger partial charge in [-0.05, 0) is 97.0 Å². The molecule has 0 saturated carbocycles. The van der Waals surface area contributed by atoms with Gasteiger partial charge in [0, 0.05) is 70.0 Å². The van der Waals surface area contributed by atoms with Crippen molar-refractivity contribution >= 4 is 38.0 Å². The van der Waals surface area contributed by atoms with Crippen LogP contribution in [0.15, 0.2) is 60.7 Å². The van der Waals surface area contributed by atoms with Crippen LogP contribution in [0.2, 0.25) is 34.3 Å². The summed E-state index contributed by atoms with van der Waals surface area (Å²) in [4.78, 5) is 3.74. The predicted octanol–water partition coefficient (Wildman–Crippen LogP) is 24.0. The van der Waals surface area contributed by atoms with Gasteiger partial charge in [0.05, 0.1) is 60.8 Å². The zero-order valence-electron chi connectivity index (χ0n) is 60.2. The molecule has 0 fully saturated rings. The van der Waals surface area contributed by atoms with Gasteiger partial charge in [0.1, 0.15) is 39.1 Å². The Kier molecular flexibility index (Phi) is 36.1. The van der Waals surface area contributed by atoms with Crippen molar-refractivity contribution < 1.29 is 18.9 Å². The normalized spacial score (nSPS) is 11.4. The third kappa shape index (κ3) is 25.3. The molecule has 4 aromatic carbocycles. The Bertz CT molecular complexity index is 3150. The van der Waals surface area contributed by atoms with Gasteiger partial charge in [-0.3, -0.25) is 0 Å². The monoisotopic (exact) mass is 1290 g/mol. The van der Waals surface area contributed by atoms with E-state index < -0.39 is 16.1 Å². The molecule has 1 N–H and O–H groups in total. The van der Waals surface area contributed by atoms with Crippen molar-refractivity contribution in [2.45, 2.75) is 297 Å². The molecule has 1 aromatic heterocycles. The first-order chi connectivity index (χ1) is 45.2. The van der Waals surface area contributed by atoms with Crippen LogP contribution < -0.4 is 18.9 Å². The van der Waals surface area contributed by atoms with Crippen molar-refractivity contribution in [1.82, 2.24) is 4.98 Å². The Balaban J connectivity index is 1.58. The van der Waals surface area contributed by atoms with E-state index in [2.05, 4.69) is 207 Å². The third-order valence-electron chi connectivity index (χ3n) is 19.2. The van der Waals surface area contributed by atoms with Crippen molar-refractivity contribution in [3.8, 4) is 81.7 Å². The number of nitrogens with zero attached hydrogens (tertiary/aromatic N) is 2. The first-order valence-electron chi connectivity index (χ1n) is 37.0. The van der Waals surface area contributed by atoms with E-state index in [0.29, 0.717) is 61.4 Å². The molecule has 0 aliphatic heterocycles. The number of hydrogen-bond donors (Lipinski definition) is 1. The fourth-order valence-electron chi connectivity index (χ4n) is 13.1. The topological polar surface area (TPSA) is 100 Å². The Hall–Kier alpha value is -6.47. The fraction of sp³-hybridized carbons (Fsp3) is 0.595. The summed E-state index contributed by atoms with van der Waals surface area (Å²) >= 11 is 0. The number of nitrogens with one attached hydrogen (secondary N) is 1. The second kappa shape index (κ2) is 43.5. The van der Waals surface area contributed by atoms with Crippen LogP contribution >= 0.6 is 0 Å². The summed E-state index contributed by atoms with van der Waals surface area (Å²) in [6.07, 6.45) is 31.2. The smallest absolute Gasteiger partial charge is 0.143 e. The molecule has 5 aromatic rings. The lowest BCUT2D eigenvalue weighted by atomic mass is 10.1. The second-order valence-electron chi connectivity index (χ2n) is 27.5. The van der Waals surface area contributed by atoms with Crippen LogP contribution in [-0.2, 0) is 0 Å². The van der Waals surface area contributed by atoms with Crippen LogP contribution in [0.1, 0.15) is 296 Å². The summed E-state index contributed by atoms with van der Waals surface area (Å²) in [7, 11) is -4.30. The maximum absolute atomic E-state index is 9.52. The van der Waals surface area contributed by atoms with Gasteiger partial charge < -0.3 is 23.9 Å². The standard InChI is InChI=1S/C84H119N3O4Si2/c1-13-17-21-25-29-35-53-88-81-65-75(49-59-92(67(5)6,68(7)8)57-39-33-51-85)83(90-55-37-31-27-23-19-15-3)63-73(81)45-41-71-43-47-77-78-48-44-72(62-80(78)87-79(77)61-71)42-46-74-64-84(91-56-38-32-28-24-20-16-4)76(66-82(74)89-54-36-30-26-22-18-14-2)50-60-93(69(9)10,70(11)12)58-40-34-52-86/h43-44,47-48,61-70,87H,13-40,53-58H2,1-12H3. The first kappa shape index (κ1) is 77.2. The van der Waals surface area contributed by atoms with Gasteiger partial charge in [0.15, 0.2) is 0 Å². The van der Waals surface area contributed by atoms with Gasteiger partial charge in [0.2, 0.25) is 0 Å². The van der Waals surface area contributed by atoms with Gasteiger partial charge in [-0.2, -0.15) is 10.5 Å². The van der Waals surface area contributed by atoms with Crippen LogP contribution in [0.3, 0.4) is 0 Å². The van der Waals surface area contributed by atoms with Crippen molar-refractivity contribution in [2.75, 3.05) is 26.4 Å². The number of aromatic nitrogens is 1. The number of unbranched alkanes of at least 4 members (excludes halogenated alkanes) is 22. The Morgan fingerprint density at radius 1 is 0.344 bits per heavy atom. The van der Waals surface area contributed by atoms with Gasteiger partial charge in [0.25, 0.3) is 0 Å². The molecule has 0 spiro atoms. The van der Waals surface area contributed by atoms with E-state index >= 15 is 0 Å². The molecule has 93 heavy (non-hydrogen) atoms. The first-order valence-corrected chi connectivity index (χ1v) is 41.7. The average Bonchev–Trinajstić information content (AvgIpc) is 1.70. The lowest BCUT2D eigenvalue weighted by Gasteiger charge is -2.34. The molecular weight excluding hydrogens is 1170 g/mol. The van der Waals surface area contributed by atoms with Crippen LogP contribution in [0.25, 0.3) is 21.8 Å². The summed E-state index contributed by atoms with van der Waals surface area (Å²) in [6.45, 7) is 30.1. The number of fused-ring (bicyclic) bond motifs is 3. The number of nitriles is 2. The van der Waals surface area contributed by atoms with E-state index in [1.165, 1.54) is 103 Å². The van der Waals surface area contributed by atoms with E-state index in [0.717, 1.165) is 154 Å². The lowest BCUT2D eigenvalue weighted by molar-refractivity contribution is 0.295. The number of rotatable bonds is 42. The third-order valence-corrected chi connectivity index (χ3v) is 31.0. The molecule has 502 valence electrons. The van der Waals surface area contributed by atoms with Crippen LogP contribution in [0.4, 0.5) is 0 Å². The minimum Gasteiger partial charge on any atom is -0.492 e. The van der Waals surface area contributed by atoms with Crippen molar-refractivity contribution in [1.29, 1.82) is 10.5 Å². The molecular formula is C84H119N3O4Si2. The number of H-pyrrole nitrogens is 1. The maximum atomic E-state index is 9.52. The van der Waals surface area contributed by atoms with E-state index in [-0.39, 0.29) is 0 Å². The van der Waals surface area contributed by atoms with Crippen LogP contribution in [0, 0.1) is 69.3 Å². The van der Waals surface area contributed by atoms with E-state index in [4.69, 9.17) is 18.9 Å². The van der Waals surface area contributed by atoms with E-state index in [9.17, 15) is 10.5 Å². The summed E-state index contributed by atoms with van der Waals surface area (Å²) in [5.74, 6) is 24.7. The molecule has 9 heteroatoms. The fourth-order valence-corrected chi connectivity index (χ4v) is 21.7. The van der Waals surface area contributed by atoms with E-state index in [1.807, 2.05) is 0 Å². The second-order valence-corrected chi connectivity index (χ2v) is 37.8. The molecule has 7 nitrogen and oxygen atoms in total. The lowest BCUT2D eigenvalue weighted by Crippen LogP contribution is -2.40. The number of aromatic amines is 1. The Morgan fingerprint density at radius 3 is 0.903 bits per heavy atom. The molecule has 0 atom stereocenters. The minimum absolute atomic E-state index is 0.438. The molecule has 0 bridgehead atoms. The molecule has 0 unspecified atom stereocenters. The Morgan fingerprint density at radius 2 is 0.624 bits per heavy atom. The average molecular weight is 1290 g/mol. The van der Waals surface area contributed by atoms with Crippen molar-refractivity contribution in [2.24, 2.45) is 0 Å². The van der Waals surface area contributed by atoms with Crippen molar-refractivity contribution in [3.63, 3.8) is 0 Å². The summed E-state index contributed by atoms with van der Waals surface area (Å²) in [6, 6.07) is 28.1. The molecule has 1 heterocycles. The summed E-state index contributed by atoms with van der Waals surface area (Å²) in [5.41, 5.74) is 16.8. The van der Waals surface area contributed by atoms with Crippen LogP contribution in [0.5, 0.6) is 23.0 Å². The van der Waals surface area contributed by atoms with Crippen molar-refractivity contribution in [3.05, 3.63) is 94.0 Å². The number of benzene rings is 4. The summed E-state index contributed by atoms with van der Waals surface area (Å²) < 4.78 is 26.9. The van der Waals surface area contributed by atoms with E-state index in [1.54, 1.807) is 0 Å².